The molecule has 0 bridgehead atoms. The van der Waals surface area contributed by atoms with Gasteiger partial charge < -0.3 is 15.5 Å². The fourth-order valence-electron chi connectivity index (χ4n) is 2.01. The van der Waals surface area contributed by atoms with Gasteiger partial charge in [-0.3, -0.25) is 9.78 Å². The number of nitrogens with zero attached hydrogens (tertiary/aromatic N) is 4. The number of carbonyl (C=O) groups is 1. The lowest BCUT2D eigenvalue weighted by Gasteiger charge is -2.14. The molecule has 0 fully saturated rings. The molecule has 0 saturated carbocycles. The average Bonchev–Trinajstić information content (AvgIpc) is 2.57. The topological polar surface area (TPSA) is 83.0 Å². The van der Waals surface area contributed by atoms with Crippen LogP contribution >= 0.6 is 0 Å². The summed E-state index contributed by atoms with van der Waals surface area (Å²) in [6, 6.07) is 3.70. The van der Waals surface area contributed by atoms with Crippen molar-refractivity contribution < 1.29 is 18.0 Å². The van der Waals surface area contributed by atoms with E-state index in [1.165, 1.54) is 0 Å². The molecule has 0 aromatic carbocycles. The standard InChI is InChI=1S/C16H19F3N6O/c1-10-8-13(25(2)3)24-15(23-10)21-7-6-20-14(26)11-4-5-12(22-9-11)16(17,18)19/h4-5,8-9H,6-7H2,1-3H3,(H,20,26)(H,21,23,24). The van der Waals surface area contributed by atoms with E-state index in [0.717, 1.165) is 29.8 Å². The Hall–Kier alpha value is -2.91. The summed E-state index contributed by atoms with van der Waals surface area (Å²) in [6.45, 7) is 2.45. The lowest BCUT2D eigenvalue weighted by Crippen LogP contribution is -2.29. The highest BCUT2D eigenvalue weighted by Gasteiger charge is 2.32. The van der Waals surface area contributed by atoms with E-state index >= 15 is 0 Å². The molecule has 2 N–H and O–H groups in total. The van der Waals surface area contributed by atoms with Crippen LogP contribution in [-0.2, 0) is 6.18 Å². The first-order valence-corrected chi connectivity index (χ1v) is 7.75. The Kier molecular flexibility index (Phi) is 5.96. The number of pyridine rings is 1. The van der Waals surface area contributed by atoms with E-state index in [9.17, 15) is 18.0 Å². The second kappa shape index (κ2) is 7.98. The third kappa shape index (κ3) is 5.30. The van der Waals surface area contributed by atoms with Crippen molar-refractivity contribution in [3.63, 3.8) is 0 Å². The van der Waals surface area contributed by atoms with Crippen LogP contribution in [0.1, 0.15) is 21.7 Å². The molecule has 2 rings (SSSR count). The summed E-state index contributed by atoms with van der Waals surface area (Å²) < 4.78 is 37.4. The largest absolute Gasteiger partial charge is 0.433 e. The van der Waals surface area contributed by atoms with Gasteiger partial charge in [0.1, 0.15) is 11.5 Å². The molecular weight excluding hydrogens is 349 g/mol. The summed E-state index contributed by atoms with van der Waals surface area (Å²) >= 11 is 0. The Balaban J connectivity index is 1.85. The monoisotopic (exact) mass is 368 g/mol. The second-order valence-electron chi connectivity index (χ2n) is 5.70. The summed E-state index contributed by atoms with van der Waals surface area (Å²) in [5.74, 6) is 0.672. The van der Waals surface area contributed by atoms with Gasteiger partial charge in [0.25, 0.3) is 5.91 Å². The maximum absolute atomic E-state index is 12.5. The minimum absolute atomic E-state index is 0.0553. The van der Waals surface area contributed by atoms with Crippen LogP contribution in [0.25, 0.3) is 0 Å². The zero-order valence-electron chi connectivity index (χ0n) is 14.6. The molecule has 0 radical (unpaired) electrons. The first-order chi connectivity index (χ1) is 12.2. The predicted molar refractivity (Wildman–Crippen MR) is 91.2 cm³/mol. The van der Waals surface area contributed by atoms with Crippen LogP contribution in [0.4, 0.5) is 24.9 Å². The molecule has 2 aromatic rings. The van der Waals surface area contributed by atoms with E-state index < -0.39 is 17.8 Å². The maximum atomic E-state index is 12.5. The van der Waals surface area contributed by atoms with E-state index in [1.54, 1.807) is 0 Å². The number of carbonyl (C=O) groups excluding carboxylic acids is 1. The van der Waals surface area contributed by atoms with Gasteiger partial charge in [-0.2, -0.15) is 18.2 Å². The molecule has 1 amide bonds. The summed E-state index contributed by atoms with van der Waals surface area (Å²) in [4.78, 5) is 25.6. The Bertz CT molecular complexity index is 762. The number of rotatable bonds is 6. The molecule has 0 aliphatic rings. The highest BCUT2D eigenvalue weighted by molar-refractivity contribution is 5.93. The van der Waals surface area contributed by atoms with Gasteiger partial charge in [-0.05, 0) is 19.1 Å². The van der Waals surface area contributed by atoms with Crippen molar-refractivity contribution in [1.29, 1.82) is 0 Å². The predicted octanol–water partition coefficient (Wildman–Crippen LogP) is 2.11. The van der Waals surface area contributed by atoms with Crippen LogP contribution in [0.2, 0.25) is 0 Å². The Morgan fingerprint density at radius 2 is 1.92 bits per heavy atom. The normalized spacial score (nSPS) is 11.2. The highest BCUT2D eigenvalue weighted by atomic mass is 19.4. The van der Waals surface area contributed by atoms with Crippen molar-refractivity contribution in [3.05, 3.63) is 41.3 Å². The van der Waals surface area contributed by atoms with E-state index in [-0.39, 0.29) is 12.1 Å². The van der Waals surface area contributed by atoms with E-state index in [4.69, 9.17) is 0 Å². The Labute approximate surface area is 148 Å². The van der Waals surface area contributed by atoms with Gasteiger partial charge in [0.2, 0.25) is 5.95 Å². The molecule has 10 heteroatoms. The molecule has 7 nitrogen and oxygen atoms in total. The molecule has 0 saturated heterocycles. The first kappa shape index (κ1) is 19.4. The molecule has 0 aliphatic heterocycles. The van der Waals surface area contributed by atoms with Gasteiger partial charge in [0, 0.05) is 45.1 Å². The van der Waals surface area contributed by atoms with Crippen molar-refractivity contribution in [2.45, 2.75) is 13.1 Å². The molecule has 0 atom stereocenters. The van der Waals surface area contributed by atoms with Gasteiger partial charge >= 0.3 is 6.18 Å². The minimum Gasteiger partial charge on any atom is -0.363 e. The summed E-state index contributed by atoms with van der Waals surface area (Å²) in [5, 5.41) is 5.58. The minimum atomic E-state index is -4.53. The van der Waals surface area contributed by atoms with Crippen molar-refractivity contribution >= 4 is 17.7 Å². The lowest BCUT2D eigenvalue weighted by molar-refractivity contribution is -0.141. The van der Waals surface area contributed by atoms with Gasteiger partial charge in [0.15, 0.2) is 0 Å². The molecular formula is C16H19F3N6O. The summed E-state index contributed by atoms with van der Waals surface area (Å²) in [6.07, 6.45) is -3.63. The number of aryl methyl sites for hydroxylation is 1. The van der Waals surface area contributed by atoms with Crippen molar-refractivity contribution in [2.75, 3.05) is 37.4 Å². The molecule has 2 aromatic heterocycles. The molecule has 0 aliphatic carbocycles. The molecule has 2 heterocycles. The molecule has 26 heavy (non-hydrogen) atoms. The maximum Gasteiger partial charge on any atom is 0.433 e. The Morgan fingerprint density at radius 1 is 1.19 bits per heavy atom. The number of anilines is 2. The number of hydrogen-bond donors (Lipinski definition) is 2. The van der Waals surface area contributed by atoms with Crippen molar-refractivity contribution in [3.8, 4) is 0 Å². The smallest absolute Gasteiger partial charge is 0.363 e. The van der Waals surface area contributed by atoms with Crippen LogP contribution < -0.4 is 15.5 Å². The highest BCUT2D eigenvalue weighted by Crippen LogP contribution is 2.27. The number of amides is 1. The van der Waals surface area contributed by atoms with E-state index in [1.807, 2.05) is 32.0 Å². The lowest BCUT2D eigenvalue weighted by atomic mass is 10.2. The fraction of sp³-hybridized carbons (Fsp3) is 0.375. The van der Waals surface area contributed by atoms with E-state index in [2.05, 4.69) is 25.6 Å². The third-order valence-electron chi connectivity index (χ3n) is 3.31. The second-order valence-corrected chi connectivity index (χ2v) is 5.70. The van der Waals surface area contributed by atoms with Crippen LogP contribution in [0.15, 0.2) is 24.4 Å². The average molecular weight is 368 g/mol. The van der Waals surface area contributed by atoms with Crippen LogP contribution in [-0.4, -0.2) is 48.0 Å². The summed E-state index contributed by atoms with van der Waals surface area (Å²) in [7, 11) is 3.73. The van der Waals surface area contributed by atoms with Crippen molar-refractivity contribution in [2.24, 2.45) is 0 Å². The SMILES string of the molecule is Cc1cc(N(C)C)nc(NCCNC(=O)c2ccc(C(F)(F)F)nc2)n1. The molecule has 140 valence electrons. The Morgan fingerprint density at radius 3 is 2.50 bits per heavy atom. The number of nitrogens with one attached hydrogen (secondary N) is 2. The third-order valence-corrected chi connectivity index (χ3v) is 3.31. The summed E-state index contributed by atoms with van der Waals surface area (Å²) in [5.41, 5.74) is -0.185. The number of hydrogen-bond acceptors (Lipinski definition) is 6. The van der Waals surface area contributed by atoms with Crippen LogP contribution in [0, 0.1) is 6.92 Å². The number of aromatic nitrogens is 3. The number of alkyl halides is 3. The van der Waals surface area contributed by atoms with Gasteiger partial charge in [-0.25, -0.2) is 4.98 Å². The fourth-order valence-corrected chi connectivity index (χ4v) is 2.01. The molecule has 0 unspecified atom stereocenters. The van der Waals surface area contributed by atoms with E-state index in [0.29, 0.717) is 12.5 Å². The van der Waals surface area contributed by atoms with Crippen LogP contribution in [0.3, 0.4) is 0 Å². The van der Waals surface area contributed by atoms with Gasteiger partial charge in [0.05, 0.1) is 5.56 Å². The van der Waals surface area contributed by atoms with Gasteiger partial charge in [-0.15, -0.1) is 0 Å². The zero-order valence-corrected chi connectivity index (χ0v) is 14.6. The van der Waals surface area contributed by atoms with Gasteiger partial charge in [-0.1, -0.05) is 0 Å². The number of halogens is 3. The van der Waals surface area contributed by atoms with Crippen LogP contribution in [0.5, 0.6) is 0 Å². The first-order valence-electron chi connectivity index (χ1n) is 7.75. The van der Waals surface area contributed by atoms with Crippen molar-refractivity contribution in [1.82, 2.24) is 20.3 Å². The zero-order chi connectivity index (χ0) is 19.3. The quantitative estimate of drug-likeness (QED) is 0.760. The molecule has 0 spiro atoms.